The number of rotatable bonds is 2. The van der Waals surface area contributed by atoms with Gasteiger partial charge in [0.05, 0.1) is 10.5 Å². The molecule has 3 atom stereocenters. The number of nitro benzene ring substituents is 1. The van der Waals surface area contributed by atoms with Crippen molar-refractivity contribution in [2.75, 3.05) is 6.54 Å². The molecule has 37 heavy (non-hydrogen) atoms. The third kappa shape index (κ3) is 3.07. The number of hydrogen-bond acceptors (Lipinski definition) is 5. The van der Waals surface area contributed by atoms with Crippen LogP contribution in [0.25, 0.3) is 5.57 Å². The molecule has 2 amide bonds. The normalized spacial score (nSPS) is 29.0. The molecule has 4 fully saturated rings. The smallest absolute Gasteiger partial charge is 0.278 e. The zero-order valence-corrected chi connectivity index (χ0v) is 20.5. The number of Topliss-reactive ketones (excluding diaryl/α,β-unsaturated/α-hetero) is 1. The Hall–Kier alpha value is -4.25. The van der Waals surface area contributed by atoms with Gasteiger partial charge in [-0.1, -0.05) is 43.9 Å². The number of ketones is 1. The van der Waals surface area contributed by atoms with Gasteiger partial charge in [-0.05, 0) is 49.6 Å². The number of piperidine rings is 2. The second-order valence-corrected chi connectivity index (χ2v) is 10.9. The van der Waals surface area contributed by atoms with E-state index in [-0.39, 0.29) is 34.4 Å². The highest BCUT2D eigenvalue weighted by atomic mass is 16.6. The summed E-state index contributed by atoms with van der Waals surface area (Å²) in [7, 11) is 0. The number of fused-ring (bicyclic) bond motifs is 1. The molecule has 4 heterocycles. The predicted octanol–water partition coefficient (Wildman–Crippen LogP) is 3.24. The topological polar surface area (TPSA) is 110 Å². The summed E-state index contributed by atoms with van der Waals surface area (Å²) in [5, 5.41) is 15.1. The Balaban J connectivity index is 1.49. The lowest BCUT2D eigenvalue weighted by molar-refractivity contribution is -0.385. The van der Waals surface area contributed by atoms with Gasteiger partial charge in [-0.15, -0.1) is 0 Å². The molecular formula is C29H25N3O5. The van der Waals surface area contributed by atoms with E-state index in [9.17, 15) is 24.5 Å². The maximum atomic E-state index is 13.9. The van der Waals surface area contributed by atoms with Crippen molar-refractivity contribution in [1.82, 2.24) is 10.2 Å². The van der Waals surface area contributed by atoms with Crippen LogP contribution in [0.5, 0.6) is 0 Å². The molecule has 5 aliphatic rings. The third-order valence-electron chi connectivity index (χ3n) is 8.60. The molecule has 8 nitrogen and oxygen atoms in total. The predicted molar refractivity (Wildman–Crippen MR) is 135 cm³/mol. The van der Waals surface area contributed by atoms with Crippen LogP contribution in [0.4, 0.5) is 5.69 Å². The Morgan fingerprint density at radius 1 is 1.05 bits per heavy atom. The van der Waals surface area contributed by atoms with Crippen molar-refractivity contribution in [2.24, 2.45) is 11.3 Å². The third-order valence-corrected chi connectivity index (χ3v) is 8.60. The summed E-state index contributed by atoms with van der Waals surface area (Å²) >= 11 is 0. The fraction of sp³-hybridized carbons (Fsp3) is 0.345. The molecule has 4 saturated heterocycles. The number of nitrogens with one attached hydrogen (secondary N) is 1. The first-order valence-electron chi connectivity index (χ1n) is 12.4. The van der Waals surface area contributed by atoms with E-state index in [1.807, 2.05) is 30.3 Å². The van der Waals surface area contributed by atoms with Crippen LogP contribution in [0.2, 0.25) is 0 Å². The molecule has 186 valence electrons. The molecule has 8 heteroatoms. The maximum absolute atomic E-state index is 13.9. The number of allylic oxidation sites excluding steroid dienone is 1. The minimum absolute atomic E-state index is 0.0813. The van der Waals surface area contributed by atoms with E-state index in [1.54, 1.807) is 24.8 Å². The summed E-state index contributed by atoms with van der Waals surface area (Å²) in [5.41, 5.74) is -2.20. The monoisotopic (exact) mass is 495 g/mol. The van der Waals surface area contributed by atoms with Gasteiger partial charge in [0.1, 0.15) is 11.1 Å². The highest BCUT2D eigenvalue weighted by molar-refractivity contribution is 6.27. The first-order chi connectivity index (χ1) is 17.6. The van der Waals surface area contributed by atoms with Gasteiger partial charge < -0.3 is 10.2 Å². The number of benzene rings is 2. The Bertz CT molecular complexity index is 1500. The number of piperazine rings is 1. The van der Waals surface area contributed by atoms with E-state index < -0.39 is 27.3 Å². The molecule has 2 bridgehead atoms. The van der Waals surface area contributed by atoms with Crippen molar-refractivity contribution >= 4 is 28.9 Å². The van der Waals surface area contributed by atoms with E-state index >= 15 is 0 Å². The number of carbonyl (C=O) groups excluding carboxylic acids is 3. The quantitative estimate of drug-likeness (QED) is 0.391. The van der Waals surface area contributed by atoms with Crippen LogP contribution in [0, 0.1) is 33.3 Å². The molecule has 1 N–H and O–H groups in total. The fourth-order valence-corrected chi connectivity index (χ4v) is 6.71. The molecule has 3 unspecified atom stereocenters. The van der Waals surface area contributed by atoms with Crippen molar-refractivity contribution < 1.29 is 19.3 Å². The van der Waals surface area contributed by atoms with Crippen LogP contribution in [0.3, 0.4) is 0 Å². The summed E-state index contributed by atoms with van der Waals surface area (Å²) in [4.78, 5) is 54.2. The van der Waals surface area contributed by atoms with Gasteiger partial charge in [-0.25, -0.2) is 0 Å². The van der Waals surface area contributed by atoms with Crippen LogP contribution in [-0.4, -0.2) is 45.0 Å². The lowest BCUT2D eigenvalue weighted by Gasteiger charge is -2.62. The van der Waals surface area contributed by atoms with E-state index in [1.165, 1.54) is 18.2 Å². The van der Waals surface area contributed by atoms with Crippen molar-refractivity contribution in [3.63, 3.8) is 0 Å². The highest BCUT2D eigenvalue weighted by Gasteiger charge is 2.72. The molecule has 2 aromatic rings. The Labute approximate surface area is 213 Å². The number of nitro groups is 1. The first kappa shape index (κ1) is 23.2. The summed E-state index contributed by atoms with van der Waals surface area (Å²) < 4.78 is 0. The SMILES string of the molecule is CC1(C)C(=O)C(c2ccc(C#Cc3ccccc3)cc2[N+](=O)[O-])=CC23NC(=O)C4(CCCN4C2=O)CC13. The molecule has 0 radical (unpaired) electrons. The van der Waals surface area contributed by atoms with Gasteiger partial charge in [0.2, 0.25) is 5.91 Å². The molecule has 0 aromatic heterocycles. The largest absolute Gasteiger partial charge is 0.336 e. The fourth-order valence-electron chi connectivity index (χ4n) is 6.71. The van der Waals surface area contributed by atoms with Crippen molar-refractivity contribution in [1.29, 1.82) is 0 Å². The minimum atomic E-state index is -1.41. The Morgan fingerprint density at radius 3 is 2.51 bits per heavy atom. The van der Waals surface area contributed by atoms with Crippen molar-refractivity contribution in [2.45, 2.75) is 44.2 Å². The highest BCUT2D eigenvalue weighted by Crippen LogP contribution is 2.58. The molecule has 0 saturated carbocycles. The molecule has 2 spiro atoms. The lowest BCUT2D eigenvalue weighted by atomic mass is 9.51. The standard InChI is InChI=1S/C29H25N3O5/c1-27(2)23-17-28-13-6-14-31(28)26(35)29(23,30-25(28)34)16-21(24(27)33)20-12-11-19(15-22(20)32(36)37)10-9-18-7-4-3-5-8-18/h3-5,7-8,11-12,15-16,23H,6,13-14,17H2,1-2H3,(H,30,34). The Kier molecular flexibility index (Phi) is 4.77. The van der Waals surface area contributed by atoms with Crippen molar-refractivity contribution in [3.05, 3.63) is 81.4 Å². The Morgan fingerprint density at radius 2 is 1.78 bits per heavy atom. The minimum Gasteiger partial charge on any atom is -0.336 e. The molecule has 2 aromatic carbocycles. The van der Waals surface area contributed by atoms with E-state index in [0.717, 1.165) is 12.0 Å². The van der Waals surface area contributed by atoms with E-state index in [4.69, 9.17) is 0 Å². The van der Waals surface area contributed by atoms with Gasteiger partial charge in [0.15, 0.2) is 5.78 Å². The van der Waals surface area contributed by atoms with Gasteiger partial charge >= 0.3 is 0 Å². The lowest BCUT2D eigenvalue weighted by Crippen LogP contribution is -2.83. The number of hydrogen-bond donors (Lipinski definition) is 1. The van der Waals surface area contributed by atoms with E-state index in [2.05, 4.69) is 17.2 Å². The first-order valence-corrected chi connectivity index (χ1v) is 12.4. The summed E-state index contributed by atoms with van der Waals surface area (Å²) in [6.07, 6.45) is 3.20. The van der Waals surface area contributed by atoms with E-state index in [0.29, 0.717) is 24.9 Å². The van der Waals surface area contributed by atoms with Crippen LogP contribution >= 0.6 is 0 Å². The molecule has 7 rings (SSSR count). The van der Waals surface area contributed by atoms with Crippen LogP contribution in [0.1, 0.15) is 49.8 Å². The summed E-state index contributed by atoms with van der Waals surface area (Å²) in [5.74, 6) is 4.78. The van der Waals surface area contributed by atoms with Crippen LogP contribution in [-0.2, 0) is 14.4 Å². The number of nitrogens with zero attached hydrogens (tertiary/aromatic N) is 2. The number of amides is 2. The summed E-state index contributed by atoms with van der Waals surface area (Å²) in [6.45, 7) is 4.04. The van der Waals surface area contributed by atoms with Gasteiger partial charge in [-0.3, -0.25) is 24.5 Å². The van der Waals surface area contributed by atoms with Gasteiger partial charge in [0, 0.05) is 40.6 Å². The van der Waals surface area contributed by atoms with Gasteiger partial charge in [-0.2, -0.15) is 0 Å². The molecule has 4 aliphatic heterocycles. The second kappa shape index (κ2) is 7.62. The zero-order valence-electron chi connectivity index (χ0n) is 20.5. The van der Waals surface area contributed by atoms with Crippen molar-refractivity contribution in [3.8, 4) is 11.8 Å². The average Bonchev–Trinajstić information content (AvgIpc) is 3.32. The second-order valence-electron chi connectivity index (χ2n) is 10.9. The average molecular weight is 496 g/mol. The van der Waals surface area contributed by atoms with Crippen LogP contribution in [0.15, 0.2) is 54.6 Å². The summed E-state index contributed by atoms with van der Waals surface area (Å²) in [6, 6.07) is 13.8. The van der Waals surface area contributed by atoms with Gasteiger partial charge in [0.25, 0.3) is 11.6 Å². The maximum Gasteiger partial charge on any atom is 0.278 e. The zero-order chi connectivity index (χ0) is 26.2. The van der Waals surface area contributed by atoms with Crippen LogP contribution < -0.4 is 5.32 Å². The number of carbonyl (C=O) groups is 3. The molecule has 1 aliphatic carbocycles. The molecular weight excluding hydrogens is 470 g/mol.